The van der Waals surface area contributed by atoms with Crippen molar-refractivity contribution in [2.24, 2.45) is 0 Å². The topological polar surface area (TPSA) is 61.8 Å². The van der Waals surface area contributed by atoms with Crippen LogP contribution in [-0.4, -0.2) is 31.1 Å². The van der Waals surface area contributed by atoms with E-state index in [-0.39, 0.29) is 30.4 Å². The standard InChI is InChI=1S/C18H26O5/c1-12(2)22-16-10-9-14(11-17(16)23-13(3)4)15(19)7-6-8-18(20)21-5/h9-13H,6-8H2,1-5H3. The Morgan fingerprint density at radius 1 is 0.957 bits per heavy atom. The van der Waals surface area contributed by atoms with Crippen molar-refractivity contribution in [1.29, 1.82) is 0 Å². The van der Waals surface area contributed by atoms with Crippen LogP contribution in [0.5, 0.6) is 11.5 Å². The van der Waals surface area contributed by atoms with Gasteiger partial charge in [0.05, 0.1) is 19.3 Å². The second-order valence-electron chi connectivity index (χ2n) is 5.85. The number of ketones is 1. The summed E-state index contributed by atoms with van der Waals surface area (Å²) in [6, 6.07) is 5.19. The van der Waals surface area contributed by atoms with E-state index in [1.807, 2.05) is 27.7 Å². The first-order valence-electron chi connectivity index (χ1n) is 7.90. The Bertz CT molecular complexity index is 534. The summed E-state index contributed by atoms with van der Waals surface area (Å²) in [6.45, 7) is 7.71. The molecule has 0 aromatic heterocycles. The number of rotatable bonds is 9. The molecule has 0 fully saturated rings. The Labute approximate surface area is 137 Å². The summed E-state index contributed by atoms with van der Waals surface area (Å²) < 4.78 is 16.0. The van der Waals surface area contributed by atoms with Gasteiger partial charge in [0.25, 0.3) is 0 Å². The minimum atomic E-state index is -0.303. The van der Waals surface area contributed by atoms with Gasteiger partial charge in [-0.25, -0.2) is 0 Å². The monoisotopic (exact) mass is 322 g/mol. The third kappa shape index (κ3) is 6.72. The minimum absolute atomic E-state index is 0.0193. The number of esters is 1. The lowest BCUT2D eigenvalue weighted by molar-refractivity contribution is -0.140. The van der Waals surface area contributed by atoms with E-state index in [0.29, 0.717) is 29.9 Å². The Morgan fingerprint density at radius 2 is 1.57 bits per heavy atom. The van der Waals surface area contributed by atoms with Gasteiger partial charge in [0.2, 0.25) is 0 Å². The lowest BCUT2D eigenvalue weighted by Crippen LogP contribution is -2.12. The van der Waals surface area contributed by atoms with Gasteiger partial charge in [0.1, 0.15) is 0 Å². The van der Waals surface area contributed by atoms with Crippen LogP contribution in [0, 0.1) is 0 Å². The summed E-state index contributed by atoms with van der Waals surface area (Å²) in [5, 5.41) is 0. The van der Waals surface area contributed by atoms with E-state index in [9.17, 15) is 9.59 Å². The van der Waals surface area contributed by atoms with Crippen LogP contribution >= 0.6 is 0 Å². The number of ether oxygens (including phenoxy) is 3. The predicted molar refractivity (Wildman–Crippen MR) is 88.2 cm³/mol. The first-order valence-corrected chi connectivity index (χ1v) is 7.90. The fourth-order valence-electron chi connectivity index (χ4n) is 2.02. The number of benzene rings is 1. The van der Waals surface area contributed by atoms with Gasteiger partial charge in [-0.2, -0.15) is 0 Å². The molecule has 0 aliphatic carbocycles. The molecule has 0 aliphatic rings. The number of hydrogen-bond donors (Lipinski definition) is 0. The van der Waals surface area contributed by atoms with Crippen molar-refractivity contribution in [1.82, 2.24) is 0 Å². The number of carbonyl (C=O) groups excluding carboxylic acids is 2. The Balaban J connectivity index is 2.82. The molecule has 1 rings (SSSR count). The van der Waals surface area contributed by atoms with Crippen molar-refractivity contribution in [2.45, 2.75) is 59.2 Å². The number of carbonyl (C=O) groups is 2. The van der Waals surface area contributed by atoms with Gasteiger partial charge < -0.3 is 14.2 Å². The molecule has 0 amide bonds. The zero-order chi connectivity index (χ0) is 17.4. The van der Waals surface area contributed by atoms with Crippen molar-refractivity contribution in [3.8, 4) is 11.5 Å². The molecule has 0 heterocycles. The molecule has 5 nitrogen and oxygen atoms in total. The molecule has 1 aromatic rings. The van der Waals surface area contributed by atoms with Crippen molar-refractivity contribution >= 4 is 11.8 Å². The Hall–Kier alpha value is -2.04. The van der Waals surface area contributed by atoms with Crippen LogP contribution in [0.3, 0.4) is 0 Å². The van der Waals surface area contributed by atoms with Crippen molar-refractivity contribution < 1.29 is 23.8 Å². The molecule has 5 heteroatoms. The van der Waals surface area contributed by atoms with Crippen LogP contribution in [0.4, 0.5) is 0 Å². The third-order valence-corrected chi connectivity index (χ3v) is 3.00. The van der Waals surface area contributed by atoms with E-state index in [1.54, 1.807) is 18.2 Å². The zero-order valence-electron chi connectivity index (χ0n) is 14.5. The molecule has 0 saturated carbocycles. The van der Waals surface area contributed by atoms with E-state index in [4.69, 9.17) is 9.47 Å². The van der Waals surface area contributed by atoms with Crippen molar-refractivity contribution in [3.63, 3.8) is 0 Å². The Morgan fingerprint density at radius 3 is 2.13 bits per heavy atom. The van der Waals surface area contributed by atoms with Crippen LogP contribution in [0.15, 0.2) is 18.2 Å². The highest BCUT2D eigenvalue weighted by molar-refractivity contribution is 5.96. The summed E-state index contributed by atoms with van der Waals surface area (Å²) in [5.74, 6) is 0.855. The fraction of sp³-hybridized carbons (Fsp3) is 0.556. The highest BCUT2D eigenvalue weighted by Gasteiger charge is 2.14. The maximum absolute atomic E-state index is 12.2. The Kier molecular flexibility index (Phi) is 7.59. The third-order valence-electron chi connectivity index (χ3n) is 3.00. The summed E-state index contributed by atoms with van der Waals surface area (Å²) in [5.41, 5.74) is 0.557. The van der Waals surface area contributed by atoms with Gasteiger partial charge in [-0.3, -0.25) is 9.59 Å². The molecule has 0 N–H and O–H groups in total. The fourth-order valence-corrected chi connectivity index (χ4v) is 2.02. The smallest absolute Gasteiger partial charge is 0.305 e. The van der Waals surface area contributed by atoms with E-state index >= 15 is 0 Å². The minimum Gasteiger partial charge on any atom is -0.487 e. The quantitative estimate of drug-likeness (QED) is 0.511. The van der Waals surface area contributed by atoms with Gasteiger partial charge in [-0.05, 0) is 52.3 Å². The normalized spacial score (nSPS) is 10.7. The van der Waals surface area contributed by atoms with Gasteiger partial charge in [-0.15, -0.1) is 0 Å². The average Bonchev–Trinajstić information content (AvgIpc) is 2.47. The van der Waals surface area contributed by atoms with Gasteiger partial charge in [0, 0.05) is 18.4 Å². The maximum atomic E-state index is 12.2. The average molecular weight is 322 g/mol. The first-order chi connectivity index (χ1) is 10.8. The zero-order valence-corrected chi connectivity index (χ0v) is 14.5. The molecule has 1 aromatic carbocycles. The summed E-state index contributed by atoms with van der Waals surface area (Å²) in [4.78, 5) is 23.3. The predicted octanol–water partition coefficient (Wildman–Crippen LogP) is 3.79. The van der Waals surface area contributed by atoms with Crippen molar-refractivity contribution in [2.75, 3.05) is 7.11 Å². The maximum Gasteiger partial charge on any atom is 0.305 e. The number of Topliss-reactive ketones (excluding diaryl/α,β-unsaturated/α-hetero) is 1. The summed E-state index contributed by atoms with van der Waals surface area (Å²) in [7, 11) is 1.34. The lowest BCUT2D eigenvalue weighted by Gasteiger charge is -2.17. The van der Waals surface area contributed by atoms with Crippen LogP contribution < -0.4 is 9.47 Å². The molecular formula is C18H26O5. The van der Waals surface area contributed by atoms with E-state index < -0.39 is 0 Å². The number of hydrogen-bond acceptors (Lipinski definition) is 5. The highest BCUT2D eigenvalue weighted by atomic mass is 16.5. The molecular weight excluding hydrogens is 296 g/mol. The SMILES string of the molecule is COC(=O)CCCC(=O)c1ccc(OC(C)C)c(OC(C)C)c1. The van der Waals surface area contributed by atoms with Gasteiger partial charge in [0.15, 0.2) is 17.3 Å². The molecule has 0 saturated heterocycles. The molecule has 0 bridgehead atoms. The van der Waals surface area contributed by atoms with E-state index in [1.165, 1.54) is 7.11 Å². The van der Waals surface area contributed by atoms with Crippen molar-refractivity contribution in [3.05, 3.63) is 23.8 Å². The lowest BCUT2D eigenvalue weighted by atomic mass is 10.0. The second-order valence-corrected chi connectivity index (χ2v) is 5.85. The van der Waals surface area contributed by atoms with Crippen LogP contribution in [0.1, 0.15) is 57.3 Å². The van der Waals surface area contributed by atoms with Crippen LogP contribution in [0.25, 0.3) is 0 Å². The molecule has 0 unspecified atom stereocenters. The second kappa shape index (κ2) is 9.18. The molecule has 0 spiro atoms. The highest BCUT2D eigenvalue weighted by Crippen LogP contribution is 2.30. The molecule has 0 radical (unpaired) electrons. The first kappa shape index (κ1) is 19.0. The molecule has 0 aliphatic heterocycles. The number of methoxy groups -OCH3 is 1. The summed E-state index contributed by atoms with van der Waals surface area (Å²) >= 11 is 0. The molecule has 128 valence electrons. The van der Waals surface area contributed by atoms with E-state index in [0.717, 1.165) is 0 Å². The molecule has 0 atom stereocenters. The molecule has 23 heavy (non-hydrogen) atoms. The largest absolute Gasteiger partial charge is 0.487 e. The summed E-state index contributed by atoms with van der Waals surface area (Å²) in [6.07, 6.45) is 1.00. The van der Waals surface area contributed by atoms with Crippen LogP contribution in [-0.2, 0) is 9.53 Å². The van der Waals surface area contributed by atoms with Gasteiger partial charge in [-0.1, -0.05) is 0 Å². The van der Waals surface area contributed by atoms with E-state index in [2.05, 4.69) is 4.74 Å². The van der Waals surface area contributed by atoms with Gasteiger partial charge >= 0.3 is 5.97 Å². The van der Waals surface area contributed by atoms with Crippen LogP contribution in [0.2, 0.25) is 0 Å².